The summed E-state index contributed by atoms with van der Waals surface area (Å²) in [5.74, 6) is -0.884. The molecule has 0 fully saturated rings. The molecular formula is C15H12F3NO3. The number of alkyl halides is 3. The van der Waals surface area contributed by atoms with Gasteiger partial charge in [-0.15, -0.1) is 0 Å². The number of carboxylic acids is 1. The number of halogens is 3. The summed E-state index contributed by atoms with van der Waals surface area (Å²) in [6.07, 6.45) is -3.31. The fourth-order valence-electron chi connectivity index (χ4n) is 2.54. The number of oxazole rings is 1. The fraction of sp³-hybridized carbons (Fsp3) is 0.333. The Kier molecular flexibility index (Phi) is 3.42. The van der Waals surface area contributed by atoms with Crippen LogP contribution < -0.4 is 0 Å². The molecule has 0 amide bonds. The maximum Gasteiger partial charge on any atom is 0.416 e. The maximum absolute atomic E-state index is 12.7. The summed E-state index contributed by atoms with van der Waals surface area (Å²) in [5.41, 5.74) is 0.0885. The molecule has 0 radical (unpaired) electrons. The van der Waals surface area contributed by atoms with Gasteiger partial charge in [-0.1, -0.05) is 6.07 Å². The lowest BCUT2D eigenvalue weighted by atomic mass is 9.91. The van der Waals surface area contributed by atoms with Crippen molar-refractivity contribution in [3.8, 4) is 11.5 Å². The van der Waals surface area contributed by atoms with Crippen LogP contribution in [0.2, 0.25) is 0 Å². The minimum Gasteiger partial charge on any atom is -0.481 e. The predicted octanol–water partition coefficient (Wildman–Crippen LogP) is 3.55. The van der Waals surface area contributed by atoms with Gasteiger partial charge in [-0.3, -0.25) is 4.79 Å². The SMILES string of the molecule is O=C(O)C1CCc2nc(-c3cccc(C(F)(F)F)c3)oc2C1. The quantitative estimate of drug-likeness (QED) is 0.921. The van der Waals surface area contributed by atoms with E-state index in [1.54, 1.807) is 0 Å². The van der Waals surface area contributed by atoms with Gasteiger partial charge < -0.3 is 9.52 Å². The van der Waals surface area contributed by atoms with E-state index in [1.807, 2.05) is 0 Å². The number of hydrogen-bond acceptors (Lipinski definition) is 3. The molecule has 1 aromatic carbocycles. The average Bonchev–Trinajstić information content (AvgIpc) is 2.89. The van der Waals surface area contributed by atoms with Crippen LogP contribution in [-0.4, -0.2) is 16.1 Å². The van der Waals surface area contributed by atoms with Gasteiger partial charge in [-0.05, 0) is 31.0 Å². The first-order valence-corrected chi connectivity index (χ1v) is 6.73. The summed E-state index contributed by atoms with van der Waals surface area (Å²) in [7, 11) is 0. The molecule has 1 aliphatic rings. The first-order valence-electron chi connectivity index (χ1n) is 6.73. The minimum atomic E-state index is -4.43. The number of fused-ring (bicyclic) bond motifs is 1. The Balaban J connectivity index is 1.93. The van der Waals surface area contributed by atoms with Crippen LogP contribution in [0.5, 0.6) is 0 Å². The topological polar surface area (TPSA) is 63.3 Å². The summed E-state index contributed by atoms with van der Waals surface area (Å²) in [6.45, 7) is 0. The molecule has 116 valence electrons. The number of carbonyl (C=O) groups is 1. The van der Waals surface area contributed by atoms with E-state index in [-0.39, 0.29) is 17.9 Å². The van der Waals surface area contributed by atoms with Gasteiger partial charge in [0.15, 0.2) is 0 Å². The van der Waals surface area contributed by atoms with Crippen LogP contribution in [-0.2, 0) is 23.8 Å². The van der Waals surface area contributed by atoms with Crippen molar-refractivity contribution in [3.63, 3.8) is 0 Å². The van der Waals surface area contributed by atoms with Gasteiger partial charge >= 0.3 is 12.1 Å². The predicted molar refractivity (Wildman–Crippen MR) is 70.1 cm³/mol. The molecule has 0 bridgehead atoms. The Bertz CT molecular complexity index is 721. The molecule has 0 aliphatic heterocycles. The Hall–Kier alpha value is -2.31. The molecule has 22 heavy (non-hydrogen) atoms. The van der Waals surface area contributed by atoms with E-state index in [0.717, 1.165) is 12.1 Å². The van der Waals surface area contributed by atoms with Crippen LogP contribution >= 0.6 is 0 Å². The van der Waals surface area contributed by atoms with Crippen molar-refractivity contribution in [2.75, 3.05) is 0 Å². The van der Waals surface area contributed by atoms with Gasteiger partial charge in [0.1, 0.15) is 5.76 Å². The van der Waals surface area contributed by atoms with E-state index in [4.69, 9.17) is 9.52 Å². The number of benzene rings is 1. The zero-order valence-corrected chi connectivity index (χ0v) is 11.4. The summed E-state index contributed by atoms with van der Waals surface area (Å²) < 4.78 is 43.7. The number of rotatable bonds is 2. The highest BCUT2D eigenvalue weighted by molar-refractivity contribution is 5.70. The van der Waals surface area contributed by atoms with Gasteiger partial charge in [0.2, 0.25) is 5.89 Å². The molecular weight excluding hydrogens is 299 g/mol. The van der Waals surface area contributed by atoms with Crippen molar-refractivity contribution < 1.29 is 27.5 Å². The Labute approximate surface area is 123 Å². The van der Waals surface area contributed by atoms with Gasteiger partial charge in [0.05, 0.1) is 17.2 Å². The van der Waals surface area contributed by atoms with Crippen LogP contribution in [0.3, 0.4) is 0 Å². The third-order valence-corrected chi connectivity index (χ3v) is 3.73. The number of aryl methyl sites for hydroxylation is 1. The van der Waals surface area contributed by atoms with Crippen LogP contribution in [0.1, 0.15) is 23.4 Å². The molecule has 0 saturated heterocycles. The molecule has 3 rings (SSSR count). The van der Waals surface area contributed by atoms with Crippen molar-refractivity contribution in [2.24, 2.45) is 5.92 Å². The number of carboxylic acid groups (broad SMARTS) is 1. The van der Waals surface area contributed by atoms with E-state index in [2.05, 4.69) is 4.98 Å². The molecule has 7 heteroatoms. The third kappa shape index (κ3) is 2.70. The van der Waals surface area contributed by atoms with Crippen molar-refractivity contribution >= 4 is 5.97 Å². The third-order valence-electron chi connectivity index (χ3n) is 3.73. The molecule has 1 heterocycles. The van der Waals surface area contributed by atoms with Gasteiger partial charge in [0, 0.05) is 12.0 Å². The molecule has 2 aromatic rings. The number of aliphatic carboxylic acids is 1. The Morgan fingerprint density at radius 1 is 1.36 bits per heavy atom. The molecule has 4 nitrogen and oxygen atoms in total. The Morgan fingerprint density at radius 2 is 2.14 bits per heavy atom. The number of hydrogen-bond donors (Lipinski definition) is 1. The molecule has 1 atom stereocenters. The van der Waals surface area contributed by atoms with E-state index in [0.29, 0.717) is 24.3 Å². The first kappa shape index (κ1) is 14.6. The van der Waals surface area contributed by atoms with Gasteiger partial charge in [-0.2, -0.15) is 13.2 Å². The standard InChI is InChI=1S/C15H12F3NO3/c16-15(17,18)10-3-1-2-8(6-10)13-19-11-5-4-9(14(20)21)7-12(11)22-13/h1-3,6,9H,4-5,7H2,(H,20,21). The normalized spacial score (nSPS) is 18.0. The monoisotopic (exact) mass is 311 g/mol. The zero-order chi connectivity index (χ0) is 15.9. The maximum atomic E-state index is 12.7. The summed E-state index contributed by atoms with van der Waals surface area (Å²) in [4.78, 5) is 15.2. The smallest absolute Gasteiger partial charge is 0.416 e. The van der Waals surface area contributed by atoms with Gasteiger partial charge in [-0.25, -0.2) is 4.98 Å². The number of aromatic nitrogens is 1. The van der Waals surface area contributed by atoms with Crippen LogP contribution in [0, 0.1) is 5.92 Å². The summed E-state index contributed by atoms with van der Waals surface area (Å²) in [5, 5.41) is 9.03. The molecule has 1 unspecified atom stereocenters. The first-order chi connectivity index (χ1) is 10.3. The molecule has 1 N–H and O–H groups in total. The van der Waals surface area contributed by atoms with Crippen molar-refractivity contribution in [2.45, 2.75) is 25.4 Å². The largest absolute Gasteiger partial charge is 0.481 e. The molecule has 0 spiro atoms. The van der Waals surface area contributed by atoms with Crippen molar-refractivity contribution in [1.29, 1.82) is 0 Å². The van der Waals surface area contributed by atoms with E-state index in [9.17, 15) is 18.0 Å². The second-order valence-electron chi connectivity index (χ2n) is 5.25. The van der Waals surface area contributed by atoms with Crippen molar-refractivity contribution in [1.82, 2.24) is 4.98 Å². The summed E-state index contributed by atoms with van der Waals surface area (Å²) >= 11 is 0. The average molecular weight is 311 g/mol. The van der Waals surface area contributed by atoms with Crippen molar-refractivity contribution in [3.05, 3.63) is 41.3 Å². The molecule has 1 aromatic heterocycles. The lowest BCUT2D eigenvalue weighted by Gasteiger charge is -2.15. The van der Waals surface area contributed by atoms with E-state index in [1.165, 1.54) is 12.1 Å². The van der Waals surface area contributed by atoms with Crippen LogP contribution in [0.15, 0.2) is 28.7 Å². The van der Waals surface area contributed by atoms with Gasteiger partial charge in [0.25, 0.3) is 0 Å². The van der Waals surface area contributed by atoms with Crippen LogP contribution in [0.25, 0.3) is 11.5 Å². The highest BCUT2D eigenvalue weighted by Crippen LogP contribution is 2.34. The zero-order valence-electron chi connectivity index (χ0n) is 11.4. The van der Waals surface area contributed by atoms with Crippen LogP contribution in [0.4, 0.5) is 13.2 Å². The van der Waals surface area contributed by atoms with E-state index >= 15 is 0 Å². The lowest BCUT2D eigenvalue weighted by Crippen LogP contribution is -2.21. The fourth-order valence-corrected chi connectivity index (χ4v) is 2.54. The number of nitrogens with zero attached hydrogens (tertiary/aromatic N) is 1. The second kappa shape index (κ2) is 5.15. The second-order valence-corrected chi connectivity index (χ2v) is 5.25. The van der Waals surface area contributed by atoms with E-state index < -0.39 is 23.6 Å². The minimum absolute atomic E-state index is 0.0992. The highest BCUT2D eigenvalue weighted by atomic mass is 19.4. The highest BCUT2D eigenvalue weighted by Gasteiger charge is 2.32. The summed E-state index contributed by atoms with van der Waals surface area (Å²) in [6, 6.07) is 4.74. The lowest BCUT2D eigenvalue weighted by molar-refractivity contribution is -0.142. The molecule has 1 aliphatic carbocycles. The Morgan fingerprint density at radius 3 is 2.82 bits per heavy atom. The molecule has 0 saturated carbocycles.